The van der Waals surface area contributed by atoms with Gasteiger partial charge in [0.15, 0.2) is 0 Å². The molecule has 0 atom stereocenters. The monoisotopic (exact) mass is 356 g/mol. The number of hydrogen-bond acceptors (Lipinski definition) is 0. The average molecular weight is 357 g/mol. The third kappa shape index (κ3) is 5.33. The third-order valence-electron chi connectivity index (χ3n) is 1.97. The predicted octanol–water partition coefficient (Wildman–Crippen LogP) is 4.30. The van der Waals surface area contributed by atoms with Crippen LogP contribution in [0, 0.1) is 0 Å². The summed E-state index contributed by atoms with van der Waals surface area (Å²) in [7, 11) is -0.699. The number of halogens is 1. The molecule has 2 aromatic carbocycles. The van der Waals surface area contributed by atoms with Crippen LogP contribution in [-0.2, 0) is 20.4 Å². The summed E-state index contributed by atoms with van der Waals surface area (Å²) < 4.78 is 0. The van der Waals surface area contributed by atoms with Crippen LogP contribution in [0.2, 0.25) is 0 Å². The molecular formula is C14H16ClPPd. The second-order valence-electron chi connectivity index (χ2n) is 2.95. The maximum absolute atomic E-state index is 6.40. The van der Waals surface area contributed by atoms with Crippen molar-refractivity contribution in [3.8, 4) is 0 Å². The molecule has 0 saturated carbocycles. The zero-order valence-corrected chi connectivity index (χ0v) is 13.1. The maximum atomic E-state index is 6.40. The molecule has 0 nitrogen and oxygen atoms in total. The Labute approximate surface area is 124 Å². The molecule has 17 heavy (non-hydrogen) atoms. The quantitative estimate of drug-likeness (QED) is 0.556. The van der Waals surface area contributed by atoms with Gasteiger partial charge in [0.25, 0.3) is 0 Å². The van der Waals surface area contributed by atoms with E-state index < -0.39 is 7.27 Å². The predicted molar refractivity (Wildman–Crippen MR) is 76.3 cm³/mol. The molecule has 0 unspecified atom stereocenters. The second-order valence-corrected chi connectivity index (χ2v) is 5.56. The molecule has 0 spiro atoms. The smallest absolute Gasteiger partial charge is 0.0524 e. The summed E-state index contributed by atoms with van der Waals surface area (Å²) in [6.07, 6.45) is 0. The molecular weight excluding hydrogens is 341 g/mol. The molecule has 0 N–H and O–H groups in total. The minimum absolute atomic E-state index is 0. The van der Waals surface area contributed by atoms with Crippen molar-refractivity contribution < 1.29 is 20.4 Å². The molecule has 3 heteroatoms. The normalized spacial score (nSPS) is 8.94. The van der Waals surface area contributed by atoms with Gasteiger partial charge in [0, 0.05) is 20.4 Å². The number of hydrogen-bond donors (Lipinski definition) is 0. The van der Waals surface area contributed by atoms with E-state index in [0.29, 0.717) is 0 Å². The van der Waals surface area contributed by atoms with Crippen molar-refractivity contribution in [2.45, 2.75) is 13.8 Å². The molecule has 0 bridgehead atoms. The van der Waals surface area contributed by atoms with Crippen LogP contribution in [0.15, 0.2) is 60.7 Å². The van der Waals surface area contributed by atoms with Gasteiger partial charge in [0.1, 0.15) is 0 Å². The average Bonchev–Trinajstić information content (AvgIpc) is 2.42. The summed E-state index contributed by atoms with van der Waals surface area (Å²) in [6, 6.07) is 20.4. The minimum Gasteiger partial charge on any atom is -0.0859 e. The van der Waals surface area contributed by atoms with Crippen LogP contribution in [0.25, 0.3) is 0 Å². The van der Waals surface area contributed by atoms with Crippen molar-refractivity contribution >= 4 is 29.1 Å². The molecule has 0 heterocycles. The first kappa shape index (κ1) is 16.8. The first-order chi connectivity index (χ1) is 7.88. The maximum Gasteiger partial charge on any atom is 0.0524 e. The molecule has 2 aromatic rings. The van der Waals surface area contributed by atoms with Gasteiger partial charge in [-0.05, 0) is 10.6 Å². The van der Waals surface area contributed by atoms with Gasteiger partial charge in [0.05, 0.1) is 7.27 Å². The molecule has 2 rings (SSSR count). The molecule has 94 valence electrons. The van der Waals surface area contributed by atoms with Gasteiger partial charge in [-0.2, -0.15) is 0 Å². The van der Waals surface area contributed by atoms with Crippen molar-refractivity contribution in [2.24, 2.45) is 0 Å². The van der Waals surface area contributed by atoms with Gasteiger partial charge < -0.3 is 0 Å². The molecule has 0 saturated heterocycles. The molecule has 0 aromatic heterocycles. The molecule has 0 fully saturated rings. The van der Waals surface area contributed by atoms with Crippen LogP contribution in [0.4, 0.5) is 0 Å². The third-order valence-corrected chi connectivity index (χ3v) is 4.64. The number of benzene rings is 2. The van der Waals surface area contributed by atoms with Crippen molar-refractivity contribution in [3.05, 3.63) is 60.7 Å². The zero-order chi connectivity index (χ0) is 11.8. The van der Waals surface area contributed by atoms with Gasteiger partial charge in [-0.25, -0.2) is 0 Å². The molecule has 0 radical (unpaired) electrons. The van der Waals surface area contributed by atoms with Gasteiger partial charge in [-0.1, -0.05) is 85.8 Å². The zero-order valence-electron chi connectivity index (χ0n) is 9.91. The van der Waals surface area contributed by atoms with E-state index in [9.17, 15) is 0 Å². The molecule has 0 aliphatic rings. The summed E-state index contributed by atoms with van der Waals surface area (Å²) in [6.45, 7) is 4.00. The Morgan fingerprint density at radius 2 is 1.00 bits per heavy atom. The van der Waals surface area contributed by atoms with Crippen molar-refractivity contribution in [1.29, 1.82) is 0 Å². The molecule has 0 amide bonds. The van der Waals surface area contributed by atoms with E-state index in [2.05, 4.69) is 24.3 Å². The Morgan fingerprint density at radius 1 is 0.706 bits per heavy atom. The fraction of sp³-hybridized carbons (Fsp3) is 0.143. The number of rotatable bonds is 2. The van der Waals surface area contributed by atoms with E-state index in [-0.39, 0.29) is 20.4 Å². The second kappa shape index (κ2) is 9.81. The van der Waals surface area contributed by atoms with Crippen LogP contribution >= 0.6 is 18.5 Å². The Morgan fingerprint density at radius 3 is 1.29 bits per heavy atom. The van der Waals surface area contributed by atoms with Crippen molar-refractivity contribution in [1.82, 2.24) is 0 Å². The van der Waals surface area contributed by atoms with Gasteiger partial charge in [-0.3, -0.25) is 0 Å². The summed E-state index contributed by atoms with van der Waals surface area (Å²) in [5.74, 6) is 0. The van der Waals surface area contributed by atoms with Gasteiger partial charge >= 0.3 is 0 Å². The van der Waals surface area contributed by atoms with Gasteiger partial charge in [0.2, 0.25) is 0 Å². The Balaban J connectivity index is 0.000000811. The minimum atomic E-state index is -0.699. The molecule has 0 aliphatic carbocycles. The van der Waals surface area contributed by atoms with Gasteiger partial charge in [-0.15, -0.1) is 0 Å². The summed E-state index contributed by atoms with van der Waals surface area (Å²) >= 11 is 6.40. The molecule has 0 aliphatic heterocycles. The van der Waals surface area contributed by atoms with Crippen LogP contribution in [0.3, 0.4) is 0 Å². The van der Waals surface area contributed by atoms with Crippen molar-refractivity contribution in [2.75, 3.05) is 0 Å². The van der Waals surface area contributed by atoms with Crippen LogP contribution in [0.1, 0.15) is 13.8 Å². The SMILES string of the molecule is CC.ClP(c1ccccc1)c1ccccc1.[Pd]. The largest absolute Gasteiger partial charge is 0.0859 e. The Kier molecular flexibility index (Phi) is 9.71. The van der Waals surface area contributed by atoms with E-state index in [1.807, 2.05) is 50.2 Å². The van der Waals surface area contributed by atoms with Crippen LogP contribution in [0.5, 0.6) is 0 Å². The van der Waals surface area contributed by atoms with Crippen molar-refractivity contribution in [3.63, 3.8) is 0 Å². The topological polar surface area (TPSA) is 0 Å². The Hall–Kier alpha value is -0.178. The van der Waals surface area contributed by atoms with Crippen LogP contribution in [-0.4, -0.2) is 0 Å². The summed E-state index contributed by atoms with van der Waals surface area (Å²) in [4.78, 5) is 0. The van der Waals surface area contributed by atoms with E-state index in [0.717, 1.165) is 0 Å². The van der Waals surface area contributed by atoms with E-state index in [1.165, 1.54) is 10.6 Å². The van der Waals surface area contributed by atoms with Crippen LogP contribution < -0.4 is 10.6 Å². The van der Waals surface area contributed by atoms with E-state index in [1.54, 1.807) is 0 Å². The summed E-state index contributed by atoms with van der Waals surface area (Å²) in [5, 5.41) is 2.41. The fourth-order valence-corrected chi connectivity index (χ4v) is 3.11. The Bertz CT molecular complexity index is 352. The first-order valence-corrected chi connectivity index (χ1v) is 7.68. The summed E-state index contributed by atoms with van der Waals surface area (Å²) in [5.41, 5.74) is 0. The van der Waals surface area contributed by atoms with E-state index >= 15 is 0 Å². The fourth-order valence-electron chi connectivity index (χ4n) is 1.27. The first-order valence-electron chi connectivity index (χ1n) is 5.44. The van der Waals surface area contributed by atoms with E-state index in [4.69, 9.17) is 11.2 Å². The standard InChI is InChI=1S/C12H10ClP.C2H6.Pd/c13-14(11-7-3-1-4-8-11)12-9-5-2-6-10-12;1-2;/h1-10H;1-2H3;.